The molecular weight excluding hydrogens is 388 g/mol. The van der Waals surface area contributed by atoms with Crippen molar-refractivity contribution in [2.45, 2.75) is 45.2 Å². The fraction of sp³-hybridized carbons (Fsp3) is 0.318. The number of fused-ring (bicyclic) bond motifs is 2. The second-order valence-corrected chi connectivity index (χ2v) is 8.92. The Hall–Kier alpha value is -2.07. The molecule has 1 aliphatic rings. The summed E-state index contributed by atoms with van der Waals surface area (Å²) in [4.78, 5) is 13.4. The van der Waals surface area contributed by atoms with Crippen molar-refractivity contribution in [3.63, 3.8) is 0 Å². The monoisotopic (exact) mass is 410 g/mol. The third kappa shape index (κ3) is 2.96. The second-order valence-electron chi connectivity index (χ2n) is 8.00. The Labute approximate surface area is 162 Å². The molecule has 0 saturated carbocycles. The van der Waals surface area contributed by atoms with Gasteiger partial charge in [0.2, 0.25) is 0 Å². The van der Waals surface area contributed by atoms with Gasteiger partial charge in [0.05, 0.1) is 6.04 Å². The molecule has 3 nitrogen and oxygen atoms in total. The summed E-state index contributed by atoms with van der Waals surface area (Å²) in [5, 5.41) is 4.47. The quantitative estimate of drug-likeness (QED) is 0.544. The highest BCUT2D eigenvalue weighted by molar-refractivity contribution is 9.10. The molecule has 0 saturated heterocycles. The van der Waals surface area contributed by atoms with Gasteiger partial charge < -0.3 is 9.88 Å². The Bertz CT molecular complexity index is 997. The summed E-state index contributed by atoms with van der Waals surface area (Å²) in [7, 11) is 0. The minimum absolute atomic E-state index is 0.0861. The lowest BCUT2D eigenvalue weighted by molar-refractivity contribution is 0.0966. The van der Waals surface area contributed by atoms with Crippen molar-refractivity contribution < 1.29 is 4.79 Å². The van der Waals surface area contributed by atoms with Crippen LogP contribution in [0.3, 0.4) is 0 Å². The van der Waals surface area contributed by atoms with E-state index >= 15 is 0 Å². The molecule has 1 atom stereocenters. The number of rotatable bonds is 2. The lowest BCUT2D eigenvalue weighted by Crippen LogP contribution is -2.33. The Morgan fingerprint density at radius 2 is 1.96 bits per heavy atom. The van der Waals surface area contributed by atoms with E-state index in [9.17, 15) is 4.79 Å². The zero-order valence-electron chi connectivity index (χ0n) is 15.3. The Morgan fingerprint density at radius 3 is 2.73 bits per heavy atom. The first-order valence-electron chi connectivity index (χ1n) is 9.04. The molecule has 1 aromatic heterocycles. The van der Waals surface area contributed by atoms with Gasteiger partial charge in [-0.05, 0) is 63.4 Å². The van der Waals surface area contributed by atoms with Gasteiger partial charge in [0.25, 0.3) is 0 Å². The van der Waals surface area contributed by atoms with Crippen molar-refractivity contribution in [1.29, 1.82) is 0 Å². The summed E-state index contributed by atoms with van der Waals surface area (Å²) in [5.74, 6) is 0.172. The molecule has 26 heavy (non-hydrogen) atoms. The number of benzene rings is 2. The highest BCUT2D eigenvalue weighted by Gasteiger charge is 2.28. The molecule has 0 radical (unpaired) electrons. The van der Waals surface area contributed by atoms with E-state index in [1.165, 1.54) is 5.56 Å². The van der Waals surface area contributed by atoms with Gasteiger partial charge in [-0.25, -0.2) is 0 Å². The van der Waals surface area contributed by atoms with Crippen LogP contribution in [-0.2, 0) is 12.0 Å². The van der Waals surface area contributed by atoms with Crippen LogP contribution in [0.15, 0.2) is 53.1 Å². The summed E-state index contributed by atoms with van der Waals surface area (Å²) >= 11 is 3.56. The van der Waals surface area contributed by atoms with Crippen molar-refractivity contribution in [2.75, 3.05) is 5.32 Å². The fourth-order valence-corrected chi connectivity index (χ4v) is 4.14. The van der Waals surface area contributed by atoms with E-state index in [2.05, 4.69) is 76.9 Å². The number of hydrogen-bond acceptors (Lipinski definition) is 2. The predicted octanol–water partition coefficient (Wildman–Crippen LogP) is 5.77. The Kier molecular flexibility index (Phi) is 4.19. The van der Waals surface area contributed by atoms with Gasteiger partial charge in [0, 0.05) is 38.4 Å². The van der Waals surface area contributed by atoms with Gasteiger partial charge >= 0.3 is 0 Å². The molecule has 0 bridgehead atoms. The minimum atomic E-state index is -0.178. The summed E-state index contributed by atoms with van der Waals surface area (Å²) in [6.07, 6.45) is 3.79. The Morgan fingerprint density at radius 1 is 1.19 bits per heavy atom. The third-order valence-corrected chi connectivity index (χ3v) is 5.61. The highest BCUT2D eigenvalue weighted by atomic mass is 79.9. The van der Waals surface area contributed by atoms with Crippen molar-refractivity contribution in [3.05, 3.63) is 64.3 Å². The number of anilines is 1. The average molecular weight is 411 g/mol. The summed E-state index contributed by atoms with van der Waals surface area (Å²) in [5.41, 5.74) is 4.18. The van der Waals surface area contributed by atoms with Gasteiger partial charge in [-0.1, -0.05) is 34.1 Å². The van der Waals surface area contributed by atoms with Crippen LogP contribution in [0.2, 0.25) is 0 Å². The topological polar surface area (TPSA) is 34.0 Å². The maximum atomic E-state index is 13.4. The smallest absolute Gasteiger partial charge is 0.187 e. The van der Waals surface area contributed by atoms with E-state index in [-0.39, 0.29) is 17.4 Å². The number of halogens is 1. The summed E-state index contributed by atoms with van der Waals surface area (Å²) in [6.45, 7) is 6.49. The van der Waals surface area contributed by atoms with Crippen molar-refractivity contribution in [2.24, 2.45) is 0 Å². The largest absolute Gasteiger partial charge is 0.375 e. The molecule has 3 aromatic rings. The van der Waals surface area contributed by atoms with Crippen LogP contribution in [0.25, 0.3) is 10.9 Å². The highest BCUT2D eigenvalue weighted by Crippen LogP contribution is 2.32. The molecule has 1 unspecified atom stereocenters. The van der Waals surface area contributed by atoms with Gasteiger partial charge in [-0.15, -0.1) is 0 Å². The van der Waals surface area contributed by atoms with Crippen LogP contribution < -0.4 is 5.32 Å². The Balaban J connectivity index is 1.77. The standard InChI is InChI=1S/C22H23BrN2O/c1-22(2,3)25-13-17(16-12-15(23)9-11-20(16)25)21(26)19-10-8-14-6-4-5-7-18(14)24-19/h4-7,9,11-13,19,24H,8,10H2,1-3H3. The predicted molar refractivity (Wildman–Crippen MR) is 111 cm³/mol. The summed E-state index contributed by atoms with van der Waals surface area (Å²) < 4.78 is 3.20. The number of para-hydroxylation sites is 1. The molecule has 0 spiro atoms. The molecule has 4 heteroatoms. The molecule has 1 aliphatic heterocycles. The van der Waals surface area contributed by atoms with Gasteiger partial charge in [0.15, 0.2) is 5.78 Å². The van der Waals surface area contributed by atoms with E-state index in [0.717, 1.165) is 39.5 Å². The van der Waals surface area contributed by atoms with E-state index in [1.807, 2.05) is 18.3 Å². The lowest BCUT2D eigenvalue weighted by Gasteiger charge is -2.26. The number of aromatic nitrogens is 1. The zero-order chi connectivity index (χ0) is 18.5. The molecule has 134 valence electrons. The number of hydrogen-bond donors (Lipinski definition) is 1. The van der Waals surface area contributed by atoms with Crippen molar-refractivity contribution >= 4 is 38.3 Å². The second kappa shape index (κ2) is 6.27. The number of carbonyl (C=O) groups excluding carboxylic acids is 1. The van der Waals surface area contributed by atoms with Crippen LogP contribution in [-0.4, -0.2) is 16.4 Å². The first kappa shape index (κ1) is 17.3. The molecule has 0 aliphatic carbocycles. The SMILES string of the molecule is CC(C)(C)n1cc(C(=O)C2CCc3ccccc3N2)c2cc(Br)ccc21. The maximum absolute atomic E-state index is 13.4. The van der Waals surface area contributed by atoms with E-state index in [4.69, 9.17) is 0 Å². The van der Waals surface area contributed by atoms with Crippen LogP contribution in [0, 0.1) is 0 Å². The fourth-order valence-electron chi connectivity index (χ4n) is 3.78. The van der Waals surface area contributed by atoms with Gasteiger partial charge in [-0.3, -0.25) is 4.79 Å². The average Bonchev–Trinajstić information content (AvgIpc) is 2.99. The lowest BCUT2D eigenvalue weighted by atomic mass is 9.93. The molecular formula is C22H23BrN2O. The molecule has 1 N–H and O–H groups in total. The van der Waals surface area contributed by atoms with Crippen LogP contribution >= 0.6 is 15.9 Å². The number of carbonyl (C=O) groups is 1. The number of nitrogens with zero attached hydrogens (tertiary/aromatic N) is 1. The van der Waals surface area contributed by atoms with Crippen LogP contribution in [0.1, 0.15) is 43.1 Å². The number of Topliss-reactive ketones (excluding diaryl/α,β-unsaturated/α-hetero) is 1. The van der Waals surface area contributed by atoms with E-state index in [0.29, 0.717) is 0 Å². The minimum Gasteiger partial charge on any atom is -0.375 e. The third-order valence-electron chi connectivity index (χ3n) is 5.12. The molecule has 0 fully saturated rings. The maximum Gasteiger partial charge on any atom is 0.187 e. The van der Waals surface area contributed by atoms with Crippen molar-refractivity contribution in [1.82, 2.24) is 4.57 Å². The van der Waals surface area contributed by atoms with Gasteiger partial charge in [0.1, 0.15) is 0 Å². The summed E-state index contributed by atoms with van der Waals surface area (Å²) in [6, 6.07) is 14.3. The number of nitrogens with one attached hydrogen (secondary N) is 1. The first-order chi connectivity index (χ1) is 12.3. The molecule has 4 rings (SSSR count). The zero-order valence-corrected chi connectivity index (χ0v) is 16.9. The molecule has 0 amide bonds. The molecule has 2 heterocycles. The molecule has 2 aromatic carbocycles. The van der Waals surface area contributed by atoms with E-state index in [1.54, 1.807) is 0 Å². The van der Waals surface area contributed by atoms with E-state index < -0.39 is 0 Å². The first-order valence-corrected chi connectivity index (χ1v) is 9.83. The number of ketones is 1. The van der Waals surface area contributed by atoms with Crippen LogP contribution in [0.4, 0.5) is 5.69 Å². The number of aryl methyl sites for hydroxylation is 1. The van der Waals surface area contributed by atoms with Gasteiger partial charge in [-0.2, -0.15) is 0 Å². The van der Waals surface area contributed by atoms with Crippen LogP contribution in [0.5, 0.6) is 0 Å². The van der Waals surface area contributed by atoms with Crippen molar-refractivity contribution in [3.8, 4) is 0 Å². The normalized spacial score (nSPS) is 17.0.